The Morgan fingerprint density at radius 3 is 2.87 bits per heavy atom. The zero-order valence-electron chi connectivity index (χ0n) is 12.8. The molecule has 1 aliphatic rings. The van der Waals surface area contributed by atoms with Crippen molar-refractivity contribution in [3.05, 3.63) is 53.4 Å². The van der Waals surface area contributed by atoms with Crippen molar-refractivity contribution in [2.75, 3.05) is 0 Å². The van der Waals surface area contributed by atoms with Crippen LogP contribution in [0.4, 0.5) is 4.39 Å². The summed E-state index contributed by atoms with van der Waals surface area (Å²) in [5.41, 5.74) is 0.234. The van der Waals surface area contributed by atoms with Crippen LogP contribution in [-0.4, -0.2) is 25.1 Å². The molecule has 23 heavy (non-hydrogen) atoms. The monoisotopic (exact) mass is 333 g/mol. The van der Waals surface area contributed by atoms with Crippen molar-refractivity contribution in [3.8, 4) is 6.07 Å². The van der Waals surface area contributed by atoms with Crippen LogP contribution in [0.5, 0.6) is 0 Å². The molecule has 1 aliphatic carbocycles. The number of nitriles is 1. The number of hydrogen-bond donors (Lipinski definition) is 1. The van der Waals surface area contributed by atoms with Crippen molar-refractivity contribution in [2.24, 2.45) is 0 Å². The summed E-state index contributed by atoms with van der Waals surface area (Å²) in [5, 5.41) is 20.3. The van der Waals surface area contributed by atoms with Gasteiger partial charge in [0.15, 0.2) is 0 Å². The normalized spacial score (nSPS) is 18.2. The number of benzene rings is 1. The molecule has 0 unspecified atom stereocenters. The van der Waals surface area contributed by atoms with E-state index in [1.807, 2.05) is 19.1 Å². The summed E-state index contributed by atoms with van der Waals surface area (Å²) in [4.78, 5) is 3.14. The highest BCUT2D eigenvalue weighted by Crippen LogP contribution is 2.53. The number of hydrogen-bond acceptors (Lipinski definition) is 3. The summed E-state index contributed by atoms with van der Waals surface area (Å²) >= 11 is 6.51. The van der Waals surface area contributed by atoms with Gasteiger partial charge in [-0.1, -0.05) is 12.1 Å². The first kappa shape index (κ1) is 16.0. The van der Waals surface area contributed by atoms with Crippen molar-refractivity contribution >= 4 is 11.6 Å². The summed E-state index contributed by atoms with van der Waals surface area (Å²) in [6.07, 6.45) is 4.33. The second-order valence-corrected chi connectivity index (χ2v) is 7.01. The Balaban J connectivity index is 1.93. The van der Waals surface area contributed by atoms with Gasteiger partial charge in [-0.2, -0.15) is 5.26 Å². The molecule has 1 aromatic heterocycles. The van der Waals surface area contributed by atoms with Gasteiger partial charge in [-0.05, 0) is 37.0 Å². The quantitative estimate of drug-likeness (QED) is 0.856. The lowest BCUT2D eigenvalue weighted by Gasteiger charge is -2.34. The van der Waals surface area contributed by atoms with Crippen molar-refractivity contribution in [1.29, 1.82) is 5.26 Å². The molecule has 6 heteroatoms. The van der Waals surface area contributed by atoms with Gasteiger partial charge in [0, 0.05) is 6.42 Å². The van der Waals surface area contributed by atoms with Gasteiger partial charge in [-0.3, -0.25) is 0 Å². The molecule has 0 aliphatic heterocycles. The Labute approximate surface area is 139 Å². The number of aryl methyl sites for hydroxylation is 1. The molecule has 3 rings (SSSR count). The average molecular weight is 334 g/mol. The zero-order chi connectivity index (χ0) is 16.7. The number of aromatic nitrogens is 2. The third-order valence-corrected chi connectivity index (χ3v) is 5.20. The Bertz CT molecular complexity index is 778. The number of imidazole rings is 1. The molecule has 1 aromatic carbocycles. The van der Waals surface area contributed by atoms with Crippen LogP contribution in [0.3, 0.4) is 0 Å². The van der Waals surface area contributed by atoms with E-state index in [-0.39, 0.29) is 18.8 Å². The first-order chi connectivity index (χ1) is 10.9. The highest BCUT2D eigenvalue weighted by atomic mass is 35.5. The third kappa shape index (κ3) is 2.97. The summed E-state index contributed by atoms with van der Waals surface area (Å²) in [6, 6.07) is 6.96. The van der Waals surface area contributed by atoms with Gasteiger partial charge < -0.3 is 9.67 Å². The lowest BCUT2D eigenvalue weighted by Crippen LogP contribution is -2.47. The van der Waals surface area contributed by atoms with Gasteiger partial charge in [-0.25, -0.2) is 9.37 Å². The molecule has 0 bridgehead atoms. The van der Waals surface area contributed by atoms with Crippen molar-refractivity contribution < 1.29 is 9.50 Å². The van der Waals surface area contributed by atoms with Gasteiger partial charge in [0.2, 0.25) is 0 Å². The fourth-order valence-corrected chi connectivity index (χ4v) is 3.08. The second kappa shape index (κ2) is 5.63. The number of rotatable bonds is 5. The van der Waals surface area contributed by atoms with E-state index >= 15 is 0 Å². The lowest BCUT2D eigenvalue weighted by atomic mass is 9.88. The molecule has 4 nitrogen and oxygen atoms in total. The maximum Gasteiger partial charge on any atom is 0.139 e. The van der Waals surface area contributed by atoms with Gasteiger partial charge in [0.1, 0.15) is 23.2 Å². The van der Waals surface area contributed by atoms with Crippen molar-refractivity contribution in [1.82, 2.24) is 9.55 Å². The van der Waals surface area contributed by atoms with Gasteiger partial charge in [0.25, 0.3) is 0 Å². The number of aliphatic hydroxyl groups is 1. The lowest BCUT2D eigenvalue weighted by molar-refractivity contribution is 0.00994. The Morgan fingerprint density at radius 1 is 1.52 bits per heavy atom. The van der Waals surface area contributed by atoms with Crippen LogP contribution < -0.4 is 0 Å². The highest BCUT2D eigenvalue weighted by molar-refractivity contribution is 6.26. The molecule has 0 saturated heterocycles. The first-order valence-electron chi connectivity index (χ1n) is 7.43. The summed E-state index contributed by atoms with van der Waals surface area (Å²) in [6.45, 7) is 1.92. The van der Waals surface area contributed by atoms with E-state index < -0.39 is 10.5 Å². The van der Waals surface area contributed by atoms with Crippen LogP contribution >= 0.6 is 11.6 Å². The number of halogens is 2. The fourth-order valence-electron chi connectivity index (χ4n) is 2.86. The molecular weight excluding hydrogens is 317 g/mol. The maximum absolute atomic E-state index is 14.2. The molecule has 1 N–H and O–H groups in total. The van der Waals surface area contributed by atoms with Crippen LogP contribution in [0, 0.1) is 24.1 Å². The summed E-state index contributed by atoms with van der Waals surface area (Å²) in [7, 11) is 0. The second-order valence-electron chi connectivity index (χ2n) is 6.29. The fraction of sp³-hybridized carbons (Fsp3) is 0.412. The van der Waals surface area contributed by atoms with E-state index in [9.17, 15) is 9.50 Å². The van der Waals surface area contributed by atoms with Crippen LogP contribution in [0.15, 0.2) is 30.7 Å². The molecule has 1 saturated carbocycles. The zero-order valence-corrected chi connectivity index (χ0v) is 13.5. The van der Waals surface area contributed by atoms with Crippen LogP contribution in [0.2, 0.25) is 0 Å². The van der Waals surface area contributed by atoms with Crippen LogP contribution in [-0.2, 0) is 13.0 Å². The van der Waals surface area contributed by atoms with E-state index in [1.165, 1.54) is 18.6 Å². The van der Waals surface area contributed by atoms with E-state index in [1.54, 1.807) is 10.6 Å². The Kier molecular flexibility index (Phi) is 3.91. The molecule has 2 aromatic rings. The predicted molar refractivity (Wildman–Crippen MR) is 84.6 cm³/mol. The van der Waals surface area contributed by atoms with Gasteiger partial charge in [-0.15, -0.1) is 11.6 Å². The Morgan fingerprint density at radius 2 is 2.26 bits per heavy atom. The van der Waals surface area contributed by atoms with E-state index in [0.29, 0.717) is 24.1 Å². The third-order valence-electron chi connectivity index (χ3n) is 4.47. The molecule has 120 valence electrons. The topological polar surface area (TPSA) is 61.8 Å². The van der Waals surface area contributed by atoms with Crippen molar-refractivity contribution in [3.63, 3.8) is 0 Å². The van der Waals surface area contributed by atoms with E-state index in [2.05, 4.69) is 4.98 Å². The molecule has 1 fully saturated rings. The first-order valence-corrected chi connectivity index (χ1v) is 7.81. The highest BCUT2D eigenvalue weighted by Gasteiger charge is 2.58. The molecule has 1 atom stereocenters. The average Bonchev–Trinajstić information content (AvgIpc) is 3.10. The standard InChI is InChI=1S/C17H17ClFN3O/c1-12-2-3-13(15(19)6-12)7-17(23,16(18)4-5-16)10-22-11-21-9-14(22)8-20/h2-3,6,9,11,23H,4-5,7,10H2,1H3/t17-/m0/s1. The van der Waals surface area contributed by atoms with E-state index in [4.69, 9.17) is 16.9 Å². The minimum atomic E-state index is -1.35. The maximum atomic E-state index is 14.2. The molecule has 0 radical (unpaired) electrons. The number of nitrogens with zero attached hydrogens (tertiary/aromatic N) is 3. The molecule has 1 heterocycles. The van der Waals surface area contributed by atoms with Crippen LogP contribution in [0.25, 0.3) is 0 Å². The van der Waals surface area contributed by atoms with Gasteiger partial charge in [0.05, 0.1) is 23.9 Å². The van der Waals surface area contributed by atoms with E-state index in [0.717, 1.165) is 5.56 Å². The molecule has 0 spiro atoms. The SMILES string of the molecule is Cc1ccc(C[C@](O)(Cn2cncc2C#N)C2(Cl)CC2)c(F)c1. The van der Waals surface area contributed by atoms with Crippen LogP contribution in [0.1, 0.15) is 29.7 Å². The number of alkyl halides is 1. The smallest absolute Gasteiger partial charge is 0.139 e. The molecule has 0 amide bonds. The summed E-state index contributed by atoms with van der Waals surface area (Å²) in [5.74, 6) is -0.351. The summed E-state index contributed by atoms with van der Waals surface area (Å²) < 4.78 is 15.8. The van der Waals surface area contributed by atoms with Gasteiger partial charge >= 0.3 is 0 Å². The minimum absolute atomic E-state index is 0.0890. The van der Waals surface area contributed by atoms with Crippen molar-refractivity contribution in [2.45, 2.75) is 43.2 Å². The largest absolute Gasteiger partial charge is 0.386 e. The minimum Gasteiger partial charge on any atom is -0.386 e. The Hall–Kier alpha value is -1.90. The predicted octanol–water partition coefficient (Wildman–Crippen LogP) is 2.95. The molecular formula is C17H17ClFN3O.